The molecule has 1 heterocycles. The number of carbonyl (C=O) groups excluding carboxylic acids is 2. The first kappa shape index (κ1) is 21.4. The van der Waals surface area contributed by atoms with E-state index in [1.54, 1.807) is 25.1 Å². The summed E-state index contributed by atoms with van der Waals surface area (Å²) >= 11 is 0. The summed E-state index contributed by atoms with van der Waals surface area (Å²) in [5.74, 6) is -1.77. The summed E-state index contributed by atoms with van der Waals surface area (Å²) in [6.45, 7) is 1.12. The molecule has 5 N–H and O–H groups in total. The van der Waals surface area contributed by atoms with E-state index < -0.39 is 54.6 Å². The number of phenols is 1. The predicted molar refractivity (Wildman–Crippen MR) is 105 cm³/mol. The Morgan fingerprint density at radius 3 is 2.16 bits per heavy atom. The van der Waals surface area contributed by atoms with Crippen molar-refractivity contribution in [2.45, 2.75) is 44.1 Å². The van der Waals surface area contributed by atoms with Crippen LogP contribution in [0.3, 0.4) is 0 Å². The van der Waals surface area contributed by atoms with Gasteiger partial charge in [-0.15, -0.1) is 0 Å². The van der Waals surface area contributed by atoms with E-state index in [9.17, 15) is 35.1 Å². The number of aliphatic hydroxyl groups is 4. The number of benzene rings is 2. The van der Waals surface area contributed by atoms with Gasteiger partial charge in [0.1, 0.15) is 24.4 Å². The molecule has 1 aliphatic carbocycles. The third kappa shape index (κ3) is 3.31. The molecule has 1 fully saturated rings. The van der Waals surface area contributed by atoms with Gasteiger partial charge in [-0.05, 0) is 18.1 Å². The summed E-state index contributed by atoms with van der Waals surface area (Å²) in [5.41, 5.74) is 0.729. The second kappa shape index (κ2) is 8.03. The Kier molecular flexibility index (Phi) is 5.54. The first-order chi connectivity index (χ1) is 14.8. The van der Waals surface area contributed by atoms with Crippen molar-refractivity contribution in [1.82, 2.24) is 0 Å². The number of aliphatic hydroxyl groups excluding tert-OH is 4. The molecule has 9 nitrogen and oxygen atoms in total. The SMILES string of the molecule is CCc1cc(OC2OC(CO)C(O)C(O)C2O)c(O)c2c1C(=O)c1ccccc1C2=O. The molecule has 2 aromatic rings. The molecule has 0 aromatic heterocycles. The van der Waals surface area contributed by atoms with Gasteiger partial charge < -0.3 is 35.0 Å². The van der Waals surface area contributed by atoms with Gasteiger partial charge in [0.15, 0.2) is 23.1 Å². The van der Waals surface area contributed by atoms with Crippen LogP contribution in [0.4, 0.5) is 0 Å². The Morgan fingerprint density at radius 1 is 0.968 bits per heavy atom. The Morgan fingerprint density at radius 2 is 1.58 bits per heavy atom. The molecule has 0 saturated carbocycles. The fraction of sp³-hybridized carbons (Fsp3) is 0.364. The number of ketones is 2. The van der Waals surface area contributed by atoms with Crippen molar-refractivity contribution in [3.8, 4) is 11.5 Å². The topological polar surface area (TPSA) is 154 Å². The van der Waals surface area contributed by atoms with Crippen LogP contribution in [0, 0.1) is 0 Å². The van der Waals surface area contributed by atoms with Crippen molar-refractivity contribution in [2.24, 2.45) is 0 Å². The maximum atomic E-state index is 13.1. The maximum Gasteiger partial charge on any atom is 0.229 e. The highest BCUT2D eigenvalue weighted by atomic mass is 16.7. The molecule has 4 rings (SSSR count). The Labute approximate surface area is 177 Å². The van der Waals surface area contributed by atoms with Crippen LogP contribution in [-0.2, 0) is 11.2 Å². The van der Waals surface area contributed by atoms with Gasteiger partial charge in [0.2, 0.25) is 6.29 Å². The van der Waals surface area contributed by atoms with Crippen LogP contribution in [0.1, 0.15) is 44.3 Å². The number of hydrogen-bond donors (Lipinski definition) is 5. The number of ether oxygens (including phenoxy) is 2. The van der Waals surface area contributed by atoms with Crippen molar-refractivity contribution in [2.75, 3.05) is 6.61 Å². The number of carbonyl (C=O) groups is 2. The molecule has 0 spiro atoms. The minimum absolute atomic E-state index is 0.0878. The highest BCUT2D eigenvalue weighted by Crippen LogP contribution is 2.42. The van der Waals surface area contributed by atoms with Crippen LogP contribution in [0.5, 0.6) is 11.5 Å². The maximum absolute atomic E-state index is 13.1. The summed E-state index contributed by atoms with van der Waals surface area (Å²) in [6, 6.07) is 7.68. The third-order valence-electron chi connectivity index (χ3n) is 5.69. The van der Waals surface area contributed by atoms with E-state index in [4.69, 9.17) is 9.47 Å². The van der Waals surface area contributed by atoms with E-state index in [0.29, 0.717) is 12.0 Å². The minimum atomic E-state index is -1.70. The smallest absolute Gasteiger partial charge is 0.229 e. The molecule has 1 aliphatic heterocycles. The number of phenolic OH excluding ortho intramolecular Hbond substituents is 1. The lowest BCUT2D eigenvalue weighted by Crippen LogP contribution is -2.60. The second-order valence-corrected chi connectivity index (χ2v) is 7.50. The average molecular weight is 430 g/mol. The van der Waals surface area contributed by atoms with E-state index in [1.165, 1.54) is 12.1 Å². The summed E-state index contributed by atoms with van der Waals surface area (Å²) in [5, 5.41) is 50.3. The Hall–Kier alpha value is -2.82. The van der Waals surface area contributed by atoms with Crippen molar-refractivity contribution in [3.05, 3.63) is 58.1 Å². The second-order valence-electron chi connectivity index (χ2n) is 7.50. The molecule has 5 atom stereocenters. The zero-order chi connectivity index (χ0) is 22.4. The van der Waals surface area contributed by atoms with Gasteiger partial charge in [-0.1, -0.05) is 31.2 Å². The van der Waals surface area contributed by atoms with Crippen LogP contribution in [0.25, 0.3) is 0 Å². The molecular weight excluding hydrogens is 408 g/mol. The van der Waals surface area contributed by atoms with E-state index in [-0.39, 0.29) is 28.0 Å². The fourth-order valence-corrected chi connectivity index (χ4v) is 3.99. The summed E-state index contributed by atoms with van der Waals surface area (Å²) in [7, 11) is 0. The molecule has 0 radical (unpaired) electrons. The molecule has 2 aromatic carbocycles. The van der Waals surface area contributed by atoms with Crippen molar-refractivity contribution >= 4 is 11.6 Å². The number of hydrogen-bond acceptors (Lipinski definition) is 9. The van der Waals surface area contributed by atoms with Crippen molar-refractivity contribution in [1.29, 1.82) is 0 Å². The van der Waals surface area contributed by atoms with Gasteiger partial charge in [-0.2, -0.15) is 0 Å². The highest BCUT2D eigenvalue weighted by Gasteiger charge is 2.45. The van der Waals surface area contributed by atoms with Crippen LogP contribution in [-0.4, -0.2) is 74.4 Å². The molecule has 164 valence electrons. The van der Waals surface area contributed by atoms with Gasteiger partial charge in [-0.25, -0.2) is 0 Å². The first-order valence-electron chi connectivity index (χ1n) is 9.84. The molecule has 1 saturated heterocycles. The highest BCUT2D eigenvalue weighted by molar-refractivity contribution is 6.30. The average Bonchev–Trinajstić information content (AvgIpc) is 2.78. The van der Waals surface area contributed by atoms with Crippen LogP contribution >= 0.6 is 0 Å². The largest absolute Gasteiger partial charge is 0.504 e. The molecule has 0 bridgehead atoms. The lowest BCUT2D eigenvalue weighted by atomic mass is 9.80. The molecule has 31 heavy (non-hydrogen) atoms. The molecule has 9 heteroatoms. The summed E-state index contributed by atoms with van der Waals surface area (Å²) < 4.78 is 10.9. The van der Waals surface area contributed by atoms with Crippen LogP contribution < -0.4 is 4.74 Å². The monoisotopic (exact) mass is 430 g/mol. The number of rotatable bonds is 4. The standard InChI is InChI=1S/C22H22O9/c1-2-9-7-12(30-22-21(29)20(28)19(27)13(8-23)31-22)18(26)15-14(9)16(24)10-5-3-4-6-11(10)17(15)25/h3-7,13,19-23,26-29H,2,8H2,1H3. The molecule has 5 unspecified atom stereocenters. The van der Waals surface area contributed by atoms with E-state index >= 15 is 0 Å². The molecule has 2 aliphatic rings. The van der Waals surface area contributed by atoms with Crippen molar-refractivity contribution in [3.63, 3.8) is 0 Å². The van der Waals surface area contributed by atoms with Gasteiger partial charge in [0.05, 0.1) is 12.2 Å². The number of fused-ring (bicyclic) bond motifs is 2. The Bertz CT molecular complexity index is 1050. The van der Waals surface area contributed by atoms with Crippen molar-refractivity contribution < 1.29 is 44.6 Å². The normalized spacial score (nSPS) is 27.6. The van der Waals surface area contributed by atoms with Gasteiger partial charge in [0.25, 0.3) is 0 Å². The van der Waals surface area contributed by atoms with Crippen LogP contribution in [0.2, 0.25) is 0 Å². The summed E-state index contributed by atoms with van der Waals surface area (Å²) in [4.78, 5) is 26.1. The lowest BCUT2D eigenvalue weighted by molar-refractivity contribution is -0.277. The molecule has 0 amide bonds. The zero-order valence-corrected chi connectivity index (χ0v) is 16.6. The zero-order valence-electron chi connectivity index (χ0n) is 16.6. The van der Waals surface area contributed by atoms with Crippen LogP contribution in [0.15, 0.2) is 30.3 Å². The summed E-state index contributed by atoms with van der Waals surface area (Å²) in [6.07, 6.45) is -7.35. The van der Waals surface area contributed by atoms with E-state index in [1.807, 2.05) is 0 Å². The first-order valence-corrected chi connectivity index (χ1v) is 9.84. The van der Waals surface area contributed by atoms with E-state index in [0.717, 1.165) is 0 Å². The lowest BCUT2D eigenvalue weighted by Gasteiger charge is -2.39. The number of aryl methyl sites for hydroxylation is 1. The van der Waals surface area contributed by atoms with Gasteiger partial charge >= 0.3 is 0 Å². The fourth-order valence-electron chi connectivity index (χ4n) is 3.99. The van der Waals surface area contributed by atoms with Gasteiger partial charge in [-0.3, -0.25) is 9.59 Å². The minimum Gasteiger partial charge on any atom is -0.504 e. The number of aromatic hydroxyl groups is 1. The van der Waals surface area contributed by atoms with Gasteiger partial charge in [0, 0.05) is 16.7 Å². The molecular formula is C22H22O9. The third-order valence-corrected chi connectivity index (χ3v) is 5.69. The quantitative estimate of drug-likeness (QED) is 0.382. The van der Waals surface area contributed by atoms with E-state index in [2.05, 4.69) is 0 Å². The Balaban J connectivity index is 1.78. The predicted octanol–water partition coefficient (Wildman–Crippen LogP) is -0.0913.